The molecule has 6 heteroatoms. The van der Waals surface area contributed by atoms with Gasteiger partial charge in [0.05, 0.1) is 11.8 Å². The summed E-state index contributed by atoms with van der Waals surface area (Å²) in [4.78, 5) is 11.9. The molecule has 1 amide bonds. The molecule has 118 valence electrons. The fourth-order valence-corrected chi connectivity index (χ4v) is 2.96. The van der Waals surface area contributed by atoms with E-state index in [1.807, 2.05) is 12.1 Å². The highest BCUT2D eigenvalue weighted by Gasteiger charge is 2.33. The highest BCUT2D eigenvalue weighted by Crippen LogP contribution is 2.38. The van der Waals surface area contributed by atoms with Crippen molar-refractivity contribution in [3.05, 3.63) is 63.6 Å². The third-order valence-electron chi connectivity index (χ3n) is 3.76. The molecule has 0 aromatic heterocycles. The number of carbonyl (C=O) groups excluding carboxylic acids is 1. The Morgan fingerprint density at radius 1 is 1.17 bits per heavy atom. The molecule has 23 heavy (non-hydrogen) atoms. The molecule has 0 fully saturated rings. The number of hydrogen-bond acceptors (Lipinski definition) is 3. The second kappa shape index (κ2) is 6.22. The summed E-state index contributed by atoms with van der Waals surface area (Å²) in [6.07, 6.45) is 0.495. The quantitative estimate of drug-likeness (QED) is 0.874. The molecule has 1 atom stereocenters. The van der Waals surface area contributed by atoms with Crippen LogP contribution in [0.1, 0.15) is 30.5 Å². The lowest BCUT2D eigenvalue weighted by Gasteiger charge is -2.21. The van der Waals surface area contributed by atoms with E-state index in [0.717, 1.165) is 11.3 Å². The Morgan fingerprint density at radius 2 is 1.83 bits per heavy atom. The molecular formula is C17H14Cl2N2O2. The fraction of sp³-hybridized carbons (Fsp3) is 0.176. The minimum absolute atomic E-state index is 0.0956. The van der Waals surface area contributed by atoms with Crippen LogP contribution in [0.2, 0.25) is 10.0 Å². The number of hydrazone groups is 1. The number of rotatable bonds is 2. The molecule has 0 spiro atoms. The van der Waals surface area contributed by atoms with Gasteiger partial charge in [0.2, 0.25) is 5.91 Å². The van der Waals surface area contributed by atoms with Gasteiger partial charge in [0, 0.05) is 29.0 Å². The van der Waals surface area contributed by atoms with Gasteiger partial charge in [-0.25, -0.2) is 5.01 Å². The Kier molecular flexibility index (Phi) is 4.28. The van der Waals surface area contributed by atoms with Gasteiger partial charge in [-0.05, 0) is 35.9 Å². The molecule has 1 aliphatic heterocycles. The predicted molar refractivity (Wildman–Crippen MR) is 91.0 cm³/mol. The summed E-state index contributed by atoms with van der Waals surface area (Å²) in [5.41, 5.74) is 2.24. The Morgan fingerprint density at radius 3 is 2.48 bits per heavy atom. The zero-order chi connectivity index (χ0) is 16.6. The summed E-state index contributed by atoms with van der Waals surface area (Å²) in [6.45, 7) is 1.45. The minimum atomic E-state index is -0.378. The second-order valence-corrected chi connectivity index (χ2v) is 6.21. The van der Waals surface area contributed by atoms with Crippen molar-refractivity contribution in [1.82, 2.24) is 5.01 Å². The molecule has 0 aliphatic carbocycles. The number of hydrogen-bond donors (Lipinski definition) is 1. The van der Waals surface area contributed by atoms with E-state index in [9.17, 15) is 9.90 Å². The molecule has 2 aromatic carbocycles. The molecule has 1 aliphatic rings. The van der Waals surface area contributed by atoms with E-state index in [1.165, 1.54) is 18.0 Å². The second-order valence-electron chi connectivity index (χ2n) is 5.34. The monoisotopic (exact) mass is 348 g/mol. The highest BCUT2D eigenvalue weighted by molar-refractivity contribution is 6.31. The highest BCUT2D eigenvalue weighted by atomic mass is 35.5. The number of halogens is 2. The van der Waals surface area contributed by atoms with Crippen LogP contribution in [0.15, 0.2) is 47.6 Å². The SMILES string of the molecule is CC(=O)N1N=C(c2ccc(Cl)cc2)CC1c1cc(Cl)ccc1O. The van der Waals surface area contributed by atoms with Gasteiger partial charge in [-0.2, -0.15) is 5.10 Å². The smallest absolute Gasteiger partial charge is 0.240 e. The van der Waals surface area contributed by atoms with Crippen LogP contribution in [0, 0.1) is 0 Å². The van der Waals surface area contributed by atoms with E-state index < -0.39 is 0 Å². The van der Waals surface area contributed by atoms with Gasteiger partial charge in [-0.3, -0.25) is 4.79 Å². The average Bonchev–Trinajstić information content (AvgIpc) is 2.95. The summed E-state index contributed by atoms with van der Waals surface area (Å²) in [5, 5.41) is 17.1. The number of aromatic hydroxyl groups is 1. The van der Waals surface area contributed by atoms with E-state index in [-0.39, 0.29) is 17.7 Å². The van der Waals surface area contributed by atoms with Crippen molar-refractivity contribution < 1.29 is 9.90 Å². The van der Waals surface area contributed by atoms with E-state index >= 15 is 0 Å². The fourth-order valence-electron chi connectivity index (χ4n) is 2.65. The molecule has 0 saturated carbocycles. The molecule has 0 radical (unpaired) electrons. The first-order valence-electron chi connectivity index (χ1n) is 7.07. The molecule has 1 N–H and O–H groups in total. The van der Waals surface area contributed by atoms with Crippen molar-refractivity contribution in [2.45, 2.75) is 19.4 Å². The lowest BCUT2D eigenvalue weighted by atomic mass is 9.97. The molecule has 1 heterocycles. The number of phenolic OH excluding ortho intramolecular Hbond substituents is 1. The molecule has 4 nitrogen and oxygen atoms in total. The Hall–Kier alpha value is -2.04. The van der Waals surface area contributed by atoms with Gasteiger partial charge >= 0.3 is 0 Å². The third-order valence-corrected chi connectivity index (χ3v) is 4.25. The maximum absolute atomic E-state index is 11.9. The van der Waals surface area contributed by atoms with Gasteiger partial charge in [-0.1, -0.05) is 35.3 Å². The lowest BCUT2D eigenvalue weighted by Crippen LogP contribution is -2.24. The minimum Gasteiger partial charge on any atom is -0.508 e. The molecule has 2 aromatic rings. The van der Waals surface area contributed by atoms with E-state index in [0.29, 0.717) is 22.0 Å². The molecule has 0 saturated heterocycles. The summed E-state index contributed by atoms with van der Waals surface area (Å²) in [7, 11) is 0. The van der Waals surface area contributed by atoms with Crippen LogP contribution in [0.4, 0.5) is 0 Å². The van der Waals surface area contributed by atoms with Gasteiger partial charge in [-0.15, -0.1) is 0 Å². The van der Waals surface area contributed by atoms with Gasteiger partial charge in [0.25, 0.3) is 0 Å². The first-order chi connectivity index (χ1) is 11.0. The number of benzene rings is 2. The molecule has 0 bridgehead atoms. The van der Waals surface area contributed by atoms with Gasteiger partial charge in [0.15, 0.2) is 0 Å². The Labute approximate surface area is 143 Å². The Bertz CT molecular complexity index is 788. The summed E-state index contributed by atoms with van der Waals surface area (Å²) >= 11 is 11.9. The normalized spacial score (nSPS) is 17.3. The van der Waals surface area contributed by atoms with Crippen molar-refractivity contribution in [2.75, 3.05) is 0 Å². The van der Waals surface area contributed by atoms with Crippen LogP contribution in [0.3, 0.4) is 0 Å². The van der Waals surface area contributed by atoms with Crippen LogP contribution < -0.4 is 0 Å². The van der Waals surface area contributed by atoms with Crippen molar-refractivity contribution in [3.8, 4) is 5.75 Å². The predicted octanol–water partition coefficient (Wildman–Crippen LogP) is 4.40. The molecule has 3 rings (SSSR count). The maximum atomic E-state index is 11.9. The van der Waals surface area contributed by atoms with Gasteiger partial charge in [0.1, 0.15) is 5.75 Å². The number of nitrogens with zero attached hydrogens (tertiary/aromatic N) is 2. The number of phenols is 1. The van der Waals surface area contributed by atoms with Gasteiger partial charge < -0.3 is 5.11 Å². The third kappa shape index (κ3) is 3.19. The maximum Gasteiger partial charge on any atom is 0.240 e. The first kappa shape index (κ1) is 15.8. The first-order valence-corrected chi connectivity index (χ1v) is 7.83. The molecular weight excluding hydrogens is 335 g/mol. The van der Waals surface area contributed by atoms with Crippen molar-refractivity contribution in [1.29, 1.82) is 0 Å². The van der Waals surface area contributed by atoms with Crippen LogP contribution in [0.25, 0.3) is 0 Å². The van der Waals surface area contributed by atoms with Crippen LogP contribution in [-0.4, -0.2) is 21.7 Å². The van der Waals surface area contributed by atoms with Crippen molar-refractivity contribution in [2.24, 2.45) is 5.10 Å². The van der Waals surface area contributed by atoms with Crippen LogP contribution in [-0.2, 0) is 4.79 Å². The average molecular weight is 349 g/mol. The van der Waals surface area contributed by atoms with Crippen molar-refractivity contribution in [3.63, 3.8) is 0 Å². The number of amides is 1. The van der Waals surface area contributed by atoms with Crippen LogP contribution in [0.5, 0.6) is 5.75 Å². The largest absolute Gasteiger partial charge is 0.508 e. The van der Waals surface area contributed by atoms with Crippen molar-refractivity contribution >= 4 is 34.8 Å². The number of carbonyl (C=O) groups is 1. The topological polar surface area (TPSA) is 52.9 Å². The Balaban J connectivity index is 1.98. The standard InChI is InChI=1S/C17H14Cl2N2O2/c1-10(22)21-16(14-8-13(19)6-7-17(14)23)9-15(20-21)11-2-4-12(18)5-3-11/h2-8,16,23H,9H2,1H3. The molecule has 1 unspecified atom stereocenters. The van der Waals surface area contributed by atoms with E-state index in [1.54, 1.807) is 24.3 Å². The zero-order valence-corrected chi connectivity index (χ0v) is 13.8. The van der Waals surface area contributed by atoms with Crippen LogP contribution >= 0.6 is 23.2 Å². The summed E-state index contributed by atoms with van der Waals surface area (Å²) in [6, 6.07) is 11.7. The van der Waals surface area contributed by atoms with E-state index in [2.05, 4.69) is 5.10 Å². The summed E-state index contributed by atoms with van der Waals surface area (Å²) in [5.74, 6) is -0.100. The summed E-state index contributed by atoms with van der Waals surface area (Å²) < 4.78 is 0. The lowest BCUT2D eigenvalue weighted by molar-refractivity contribution is -0.130. The zero-order valence-electron chi connectivity index (χ0n) is 12.3. The van der Waals surface area contributed by atoms with E-state index in [4.69, 9.17) is 23.2 Å².